The number of rotatable bonds is 10. The van der Waals surface area contributed by atoms with Crippen molar-refractivity contribution in [2.45, 2.75) is 78.1 Å². The summed E-state index contributed by atoms with van der Waals surface area (Å²) in [7, 11) is 0. The third-order valence-corrected chi connectivity index (χ3v) is 7.69. The second kappa shape index (κ2) is 10.6. The summed E-state index contributed by atoms with van der Waals surface area (Å²) in [5.74, 6) is 0. The van der Waals surface area contributed by atoms with Gasteiger partial charge in [-0.1, -0.05) is 125 Å². The van der Waals surface area contributed by atoms with Gasteiger partial charge in [0.2, 0.25) is 0 Å². The predicted molar refractivity (Wildman–Crippen MR) is 152 cm³/mol. The van der Waals surface area contributed by atoms with Crippen molar-refractivity contribution in [3.63, 3.8) is 0 Å². The van der Waals surface area contributed by atoms with Gasteiger partial charge in [0, 0.05) is 0 Å². The molecule has 174 valence electrons. The van der Waals surface area contributed by atoms with Crippen LogP contribution in [0.4, 0.5) is 0 Å². The maximum atomic E-state index is 2.38. The van der Waals surface area contributed by atoms with Crippen LogP contribution in [-0.2, 0) is 12.8 Å². The first kappa shape index (κ1) is 22.9. The van der Waals surface area contributed by atoms with Gasteiger partial charge in [0.1, 0.15) is 0 Å². The van der Waals surface area contributed by atoms with E-state index in [1.807, 2.05) is 0 Å². The minimum absolute atomic E-state index is 1.18. The molecule has 0 fully saturated rings. The second-order valence-corrected chi connectivity index (χ2v) is 10.0. The quantitative estimate of drug-likeness (QED) is 0.148. The van der Waals surface area contributed by atoms with Crippen LogP contribution in [0.15, 0.2) is 72.8 Å². The highest BCUT2D eigenvalue weighted by Gasteiger charge is 2.10. The molecule has 0 N–H and O–H groups in total. The standard InChI is InChI=1S/C34H38/c1-3-5-7-9-13-25-15-11-17-29-27(25)19-21-33-31(29)23-24-32-30-18-12-16-26(14-10-8-6-4-2)28(30)20-22-34(32)33/h11-12,15-24H,3-10,13-14H2,1-2H3. The average Bonchev–Trinajstić information content (AvgIpc) is 2.88. The van der Waals surface area contributed by atoms with Crippen LogP contribution in [0.25, 0.3) is 43.1 Å². The van der Waals surface area contributed by atoms with Crippen molar-refractivity contribution >= 4 is 43.1 Å². The summed E-state index contributed by atoms with van der Waals surface area (Å²) in [6.45, 7) is 4.57. The van der Waals surface area contributed by atoms with Crippen LogP contribution in [0.3, 0.4) is 0 Å². The molecule has 0 amide bonds. The first-order valence-corrected chi connectivity index (χ1v) is 13.6. The summed E-state index contributed by atoms with van der Waals surface area (Å²) in [5.41, 5.74) is 3.00. The molecule has 0 aliphatic carbocycles. The molecular weight excluding hydrogens is 408 g/mol. The largest absolute Gasteiger partial charge is 0.0654 e. The molecule has 0 bridgehead atoms. The molecule has 5 rings (SSSR count). The average molecular weight is 447 g/mol. The molecule has 0 aliphatic rings. The van der Waals surface area contributed by atoms with Gasteiger partial charge < -0.3 is 0 Å². The Bertz CT molecular complexity index is 1310. The molecule has 5 aromatic carbocycles. The fraction of sp³-hybridized carbons (Fsp3) is 0.353. The molecule has 0 nitrogen and oxygen atoms in total. The van der Waals surface area contributed by atoms with E-state index in [1.165, 1.54) is 118 Å². The third-order valence-electron chi connectivity index (χ3n) is 7.69. The summed E-state index contributed by atoms with van der Waals surface area (Å²) >= 11 is 0. The lowest BCUT2D eigenvalue weighted by atomic mass is 9.90. The molecular formula is C34H38. The molecule has 34 heavy (non-hydrogen) atoms. The molecule has 0 aromatic heterocycles. The van der Waals surface area contributed by atoms with Gasteiger partial charge in [0.05, 0.1) is 0 Å². The maximum absolute atomic E-state index is 2.38. The van der Waals surface area contributed by atoms with E-state index in [2.05, 4.69) is 86.6 Å². The van der Waals surface area contributed by atoms with Crippen molar-refractivity contribution in [2.24, 2.45) is 0 Å². The van der Waals surface area contributed by atoms with Crippen LogP contribution in [0.5, 0.6) is 0 Å². The van der Waals surface area contributed by atoms with Crippen LogP contribution in [0, 0.1) is 0 Å². The number of hydrogen-bond donors (Lipinski definition) is 0. The SMILES string of the molecule is CCCCCCc1cccc2c1ccc1c2ccc2c3cccc(CCCCCC)c3ccc21. The number of fused-ring (bicyclic) bond motifs is 7. The van der Waals surface area contributed by atoms with Crippen molar-refractivity contribution < 1.29 is 0 Å². The lowest BCUT2D eigenvalue weighted by Crippen LogP contribution is -1.91. The van der Waals surface area contributed by atoms with Gasteiger partial charge in [-0.15, -0.1) is 0 Å². The minimum atomic E-state index is 1.18. The molecule has 0 aliphatic heterocycles. The first-order valence-electron chi connectivity index (χ1n) is 13.6. The molecule has 0 atom stereocenters. The van der Waals surface area contributed by atoms with Gasteiger partial charge in [-0.25, -0.2) is 0 Å². The van der Waals surface area contributed by atoms with E-state index in [4.69, 9.17) is 0 Å². The summed E-state index contributed by atoms with van der Waals surface area (Å²) in [6.07, 6.45) is 12.9. The molecule has 0 heteroatoms. The Hall–Kier alpha value is -2.86. The number of hydrogen-bond acceptors (Lipinski definition) is 0. The van der Waals surface area contributed by atoms with E-state index >= 15 is 0 Å². The van der Waals surface area contributed by atoms with Crippen molar-refractivity contribution in [1.29, 1.82) is 0 Å². The van der Waals surface area contributed by atoms with E-state index in [-0.39, 0.29) is 0 Å². The molecule has 0 spiro atoms. The highest BCUT2D eigenvalue weighted by Crippen LogP contribution is 2.36. The normalized spacial score (nSPS) is 11.8. The highest BCUT2D eigenvalue weighted by molar-refractivity contribution is 6.22. The van der Waals surface area contributed by atoms with Gasteiger partial charge in [-0.2, -0.15) is 0 Å². The van der Waals surface area contributed by atoms with Crippen molar-refractivity contribution in [1.82, 2.24) is 0 Å². The van der Waals surface area contributed by atoms with E-state index < -0.39 is 0 Å². The fourth-order valence-electron chi connectivity index (χ4n) is 5.81. The first-order chi connectivity index (χ1) is 16.8. The van der Waals surface area contributed by atoms with Crippen LogP contribution in [0.1, 0.15) is 76.3 Å². The Morgan fingerprint density at radius 1 is 0.353 bits per heavy atom. The van der Waals surface area contributed by atoms with E-state index in [1.54, 1.807) is 0 Å². The minimum Gasteiger partial charge on any atom is -0.0654 e. The highest BCUT2D eigenvalue weighted by atomic mass is 14.1. The smallest absolute Gasteiger partial charge is 0.00987 e. The summed E-state index contributed by atoms with van der Waals surface area (Å²) in [4.78, 5) is 0. The zero-order valence-electron chi connectivity index (χ0n) is 21.0. The number of benzene rings is 5. The Labute approximate surface area is 205 Å². The maximum Gasteiger partial charge on any atom is -0.00987 e. The zero-order valence-corrected chi connectivity index (χ0v) is 21.0. The molecule has 0 saturated heterocycles. The predicted octanol–water partition coefficient (Wildman–Crippen LogP) is 10.5. The summed E-state index contributed by atoms with van der Waals surface area (Å²) < 4.78 is 0. The molecule has 5 aromatic rings. The van der Waals surface area contributed by atoms with Gasteiger partial charge in [0.15, 0.2) is 0 Å². The Balaban J connectivity index is 1.57. The van der Waals surface area contributed by atoms with E-state index in [0.29, 0.717) is 0 Å². The lowest BCUT2D eigenvalue weighted by molar-refractivity contribution is 0.668. The number of aryl methyl sites for hydroxylation is 2. The van der Waals surface area contributed by atoms with Crippen LogP contribution >= 0.6 is 0 Å². The van der Waals surface area contributed by atoms with E-state index in [0.717, 1.165) is 0 Å². The molecule has 0 radical (unpaired) electrons. The summed E-state index contributed by atoms with van der Waals surface area (Å²) in [5, 5.41) is 11.2. The third kappa shape index (κ3) is 4.43. The van der Waals surface area contributed by atoms with Gasteiger partial charge >= 0.3 is 0 Å². The van der Waals surface area contributed by atoms with Gasteiger partial charge in [-0.3, -0.25) is 0 Å². The number of unbranched alkanes of at least 4 members (excludes halogenated alkanes) is 6. The molecule has 0 unspecified atom stereocenters. The Morgan fingerprint density at radius 3 is 1.09 bits per heavy atom. The zero-order chi connectivity index (χ0) is 23.3. The monoisotopic (exact) mass is 446 g/mol. The van der Waals surface area contributed by atoms with Gasteiger partial charge in [-0.05, 0) is 79.9 Å². The topological polar surface area (TPSA) is 0 Å². The second-order valence-electron chi connectivity index (χ2n) is 10.0. The van der Waals surface area contributed by atoms with Crippen LogP contribution < -0.4 is 0 Å². The molecule has 0 heterocycles. The van der Waals surface area contributed by atoms with E-state index in [9.17, 15) is 0 Å². The Kier molecular flexibility index (Phi) is 7.14. The van der Waals surface area contributed by atoms with Crippen LogP contribution in [-0.4, -0.2) is 0 Å². The van der Waals surface area contributed by atoms with Crippen molar-refractivity contribution in [2.75, 3.05) is 0 Å². The lowest BCUT2D eigenvalue weighted by Gasteiger charge is -2.13. The van der Waals surface area contributed by atoms with Crippen molar-refractivity contribution in [3.8, 4) is 0 Å². The fourth-order valence-corrected chi connectivity index (χ4v) is 5.81. The van der Waals surface area contributed by atoms with Crippen LogP contribution in [0.2, 0.25) is 0 Å². The Morgan fingerprint density at radius 2 is 0.706 bits per heavy atom. The van der Waals surface area contributed by atoms with Gasteiger partial charge in [0.25, 0.3) is 0 Å². The molecule has 0 saturated carbocycles. The summed E-state index contributed by atoms with van der Waals surface area (Å²) in [6, 6.07) is 28.0. The van der Waals surface area contributed by atoms with Crippen molar-refractivity contribution in [3.05, 3.63) is 83.9 Å².